The van der Waals surface area contributed by atoms with E-state index in [1.165, 1.54) is 22.5 Å². The van der Waals surface area contributed by atoms with E-state index in [0.717, 1.165) is 0 Å². The lowest BCUT2D eigenvalue weighted by atomic mass is 10.0. The normalized spacial score (nSPS) is 25.8. The number of aromatic nitrogens is 6. The van der Waals surface area contributed by atoms with E-state index < -0.39 is 48.0 Å². The molecule has 0 amide bonds. The molecule has 0 bridgehead atoms. The molecule has 1 fully saturated rings. The van der Waals surface area contributed by atoms with Crippen LogP contribution in [-0.4, -0.2) is 72.5 Å². The summed E-state index contributed by atoms with van der Waals surface area (Å²) in [6.07, 6.45) is 2.10. The van der Waals surface area contributed by atoms with E-state index in [1.54, 1.807) is 19.4 Å². The minimum atomic E-state index is -5.67. The minimum Gasteiger partial charge on any atom is -0.385 e. The quantitative estimate of drug-likeness (QED) is 0.183. The van der Waals surface area contributed by atoms with E-state index in [4.69, 9.17) is 20.3 Å². The van der Waals surface area contributed by atoms with Crippen molar-refractivity contribution in [3.63, 3.8) is 0 Å². The fourth-order valence-corrected chi connectivity index (χ4v) is 6.88. The van der Waals surface area contributed by atoms with E-state index in [-0.39, 0.29) is 17.9 Å². The van der Waals surface area contributed by atoms with Gasteiger partial charge in [-0.2, -0.15) is 8.62 Å². The van der Waals surface area contributed by atoms with Gasteiger partial charge in [0.2, 0.25) is 0 Å². The van der Waals surface area contributed by atoms with Crippen LogP contribution in [-0.2, 0) is 38.6 Å². The van der Waals surface area contributed by atoms with Crippen molar-refractivity contribution in [3.8, 4) is 11.3 Å². The zero-order chi connectivity index (χ0) is 27.4. The molecule has 3 aromatic rings. The SMILES string of the molecule is Cn1cc(-c2cn(C3OC(COP(=O)(O)OP(=O)(O)OP(=O)(O)O)CC3(C)O)c3ncnc(N)c23)nn1. The summed E-state index contributed by atoms with van der Waals surface area (Å²) in [7, 11) is -14.9. The van der Waals surface area contributed by atoms with Gasteiger partial charge in [-0.05, 0) is 6.92 Å². The van der Waals surface area contributed by atoms with E-state index in [9.17, 15) is 28.6 Å². The molecule has 4 heterocycles. The van der Waals surface area contributed by atoms with Gasteiger partial charge >= 0.3 is 23.5 Å². The predicted octanol–water partition coefficient (Wildman–Crippen LogP) is 0.191. The Morgan fingerprint density at radius 2 is 1.86 bits per heavy atom. The lowest BCUT2D eigenvalue weighted by molar-refractivity contribution is -0.0846. The Bertz CT molecular complexity index is 1470. The first kappa shape index (κ1) is 27.9. The van der Waals surface area contributed by atoms with Crippen LogP contribution in [0.5, 0.6) is 0 Å². The smallest absolute Gasteiger partial charge is 0.385 e. The lowest BCUT2D eigenvalue weighted by Gasteiger charge is -2.25. The summed E-state index contributed by atoms with van der Waals surface area (Å²) >= 11 is 0. The van der Waals surface area contributed by atoms with Crippen LogP contribution in [0.3, 0.4) is 0 Å². The molecular formula is C15H22N7O12P3. The predicted molar refractivity (Wildman–Crippen MR) is 121 cm³/mol. The number of rotatable bonds is 9. The van der Waals surface area contributed by atoms with Crippen LogP contribution in [0.1, 0.15) is 19.6 Å². The number of aryl methyl sites for hydroxylation is 1. The molecule has 7 N–H and O–H groups in total. The number of nitrogens with two attached hydrogens (primary N) is 1. The number of anilines is 1. The average Bonchev–Trinajstić information content (AvgIpc) is 3.39. The second-order valence-corrected chi connectivity index (χ2v) is 12.7. The van der Waals surface area contributed by atoms with Gasteiger partial charge in [-0.15, -0.1) is 5.10 Å². The highest BCUT2D eigenvalue weighted by Crippen LogP contribution is 2.66. The highest BCUT2D eigenvalue weighted by Gasteiger charge is 2.47. The number of phosphoric acid groups is 3. The van der Waals surface area contributed by atoms with Crippen molar-refractivity contribution in [2.24, 2.45) is 7.05 Å². The van der Waals surface area contributed by atoms with Crippen molar-refractivity contribution < 1.29 is 56.3 Å². The Kier molecular flexibility index (Phi) is 7.22. The van der Waals surface area contributed by atoms with E-state index in [2.05, 4.69) is 33.4 Å². The fourth-order valence-electron chi connectivity index (χ4n) is 3.83. The second kappa shape index (κ2) is 9.57. The molecule has 22 heteroatoms. The molecule has 5 unspecified atom stereocenters. The molecule has 5 atom stereocenters. The monoisotopic (exact) mass is 585 g/mol. The fraction of sp³-hybridized carbons (Fsp3) is 0.467. The zero-order valence-corrected chi connectivity index (χ0v) is 21.7. The Morgan fingerprint density at radius 3 is 2.49 bits per heavy atom. The number of phosphoric ester groups is 1. The summed E-state index contributed by atoms with van der Waals surface area (Å²) in [4.78, 5) is 44.4. The molecule has 0 aromatic carbocycles. The van der Waals surface area contributed by atoms with Crippen LogP contribution in [0.15, 0.2) is 18.7 Å². The standard InChI is InChI=1S/C15H22N7O12P3/c1-15(23)3-8(6-31-36(27,28)34-37(29,30)33-35(24,25)26)32-14(15)22-4-9(10-5-21(2)20-19-10)11-12(16)17-7-18-13(11)22/h4-5,7-8,14,23H,3,6H2,1-2H3,(H,27,28)(H,29,30)(H2,16,17,18)(H2,24,25,26). The third-order valence-electron chi connectivity index (χ3n) is 5.10. The summed E-state index contributed by atoms with van der Waals surface area (Å²) in [6, 6.07) is 0. The largest absolute Gasteiger partial charge is 0.490 e. The van der Waals surface area contributed by atoms with E-state index in [0.29, 0.717) is 16.6 Å². The van der Waals surface area contributed by atoms with Crippen molar-refractivity contribution >= 4 is 40.3 Å². The summed E-state index contributed by atoms with van der Waals surface area (Å²) in [5.74, 6) is 0.131. The van der Waals surface area contributed by atoms with Crippen LogP contribution in [0, 0.1) is 0 Å². The average molecular weight is 585 g/mol. The first-order valence-corrected chi connectivity index (χ1v) is 14.6. The molecule has 37 heavy (non-hydrogen) atoms. The van der Waals surface area contributed by atoms with Crippen molar-refractivity contribution in [1.82, 2.24) is 29.5 Å². The first-order chi connectivity index (χ1) is 17.0. The number of nitrogen functional groups attached to an aromatic ring is 1. The number of nitrogens with zero attached hydrogens (tertiary/aromatic N) is 6. The molecule has 0 saturated carbocycles. The molecule has 1 aliphatic rings. The van der Waals surface area contributed by atoms with E-state index >= 15 is 0 Å². The van der Waals surface area contributed by atoms with Crippen molar-refractivity contribution in [3.05, 3.63) is 18.7 Å². The van der Waals surface area contributed by atoms with Gasteiger partial charge in [0.05, 0.1) is 24.3 Å². The summed E-state index contributed by atoms with van der Waals surface area (Å²) in [5, 5.41) is 19.5. The number of hydrogen-bond acceptors (Lipinski definition) is 13. The molecule has 0 radical (unpaired) electrons. The molecule has 4 rings (SSSR count). The Labute approximate surface area is 207 Å². The van der Waals surface area contributed by atoms with E-state index in [1.807, 2.05) is 0 Å². The summed E-state index contributed by atoms with van der Waals surface area (Å²) in [5.41, 5.74) is 5.71. The summed E-state index contributed by atoms with van der Waals surface area (Å²) < 4.78 is 55.1. The molecule has 3 aromatic heterocycles. The maximum absolute atomic E-state index is 12.0. The minimum absolute atomic E-state index is 0.131. The highest BCUT2D eigenvalue weighted by atomic mass is 31.3. The first-order valence-electron chi connectivity index (χ1n) is 10.1. The van der Waals surface area contributed by atoms with Crippen LogP contribution in [0.4, 0.5) is 5.82 Å². The van der Waals surface area contributed by atoms with Gasteiger partial charge < -0.3 is 39.7 Å². The van der Waals surface area contributed by atoms with Crippen molar-refractivity contribution in [2.45, 2.75) is 31.3 Å². The Balaban J connectivity index is 1.56. The van der Waals surface area contributed by atoms with Gasteiger partial charge in [0.15, 0.2) is 6.23 Å². The Hall–Kier alpha value is -2.11. The Morgan fingerprint density at radius 1 is 1.16 bits per heavy atom. The number of aliphatic hydroxyl groups is 1. The number of ether oxygens (including phenoxy) is 1. The second-order valence-electron chi connectivity index (χ2n) is 8.24. The molecule has 0 aliphatic carbocycles. The molecular weight excluding hydrogens is 563 g/mol. The van der Waals surface area contributed by atoms with Gasteiger partial charge in [0.1, 0.15) is 29.1 Å². The number of fused-ring (bicyclic) bond motifs is 1. The summed E-state index contributed by atoms with van der Waals surface area (Å²) in [6.45, 7) is 0.699. The number of hydrogen-bond donors (Lipinski definition) is 6. The lowest BCUT2D eigenvalue weighted by Crippen LogP contribution is -2.31. The van der Waals surface area contributed by atoms with Crippen molar-refractivity contribution in [2.75, 3.05) is 12.3 Å². The third-order valence-corrected chi connectivity index (χ3v) is 8.91. The molecule has 204 valence electrons. The third kappa shape index (κ3) is 6.31. The van der Waals surface area contributed by atoms with Gasteiger partial charge in [0, 0.05) is 25.2 Å². The highest BCUT2D eigenvalue weighted by molar-refractivity contribution is 7.66. The molecule has 1 saturated heterocycles. The van der Waals surface area contributed by atoms with Crippen LogP contribution < -0.4 is 5.73 Å². The van der Waals surface area contributed by atoms with Gasteiger partial charge in [-0.25, -0.2) is 23.7 Å². The van der Waals surface area contributed by atoms with Gasteiger partial charge in [-0.1, -0.05) is 5.21 Å². The molecule has 19 nitrogen and oxygen atoms in total. The maximum atomic E-state index is 12.0. The van der Waals surface area contributed by atoms with Gasteiger partial charge in [0.25, 0.3) is 0 Å². The maximum Gasteiger partial charge on any atom is 0.490 e. The van der Waals surface area contributed by atoms with Crippen LogP contribution >= 0.6 is 23.5 Å². The topological polar surface area (TPSA) is 277 Å². The van der Waals surface area contributed by atoms with Gasteiger partial charge in [-0.3, -0.25) is 9.21 Å². The van der Waals surface area contributed by atoms with Crippen LogP contribution in [0.2, 0.25) is 0 Å². The van der Waals surface area contributed by atoms with Crippen molar-refractivity contribution in [1.29, 1.82) is 0 Å². The zero-order valence-electron chi connectivity index (χ0n) is 19.0. The molecule has 0 spiro atoms. The van der Waals surface area contributed by atoms with Crippen LogP contribution in [0.25, 0.3) is 22.3 Å². The molecule has 1 aliphatic heterocycles.